The third-order valence-electron chi connectivity index (χ3n) is 2.46. The van der Waals surface area contributed by atoms with Crippen molar-refractivity contribution in [2.24, 2.45) is 0 Å². The maximum atomic E-state index is 11.6. The molecule has 0 saturated heterocycles. The summed E-state index contributed by atoms with van der Waals surface area (Å²) in [5, 5.41) is 8.66. The zero-order chi connectivity index (χ0) is 13.5. The second-order valence-corrected chi connectivity index (χ2v) is 3.82. The van der Waals surface area contributed by atoms with Gasteiger partial charge in [-0.2, -0.15) is 5.26 Å². The predicted octanol–water partition coefficient (Wildman–Crippen LogP) is 2.22. The first-order valence-corrected chi connectivity index (χ1v) is 5.67. The van der Waals surface area contributed by atoms with Gasteiger partial charge in [0.25, 0.3) is 5.91 Å². The number of rotatable bonds is 4. The molecule has 0 unspecified atom stereocenters. The molecular formula is C15H11N2O2. The number of nitrogens with one attached hydrogen (secondary N) is 1. The third-order valence-corrected chi connectivity index (χ3v) is 2.46. The third kappa shape index (κ3) is 3.66. The Hall–Kier alpha value is -2.64. The molecule has 0 spiro atoms. The molecule has 2 aromatic rings. The molecule has 19 heavy (non-hydrogen) atoms. The van der Waals surface area contributed by atoms with Crippen LogP contribution in [0.1, 0.15) is 21.5 Å². The summed E-state index contributed by atoms with van der Waals surface area (Å²) in [7, 11) is 0. The first kappa shape index (κ1) is 12.8. The van der Waals surface area contributed by atoms with E-state index in [0.717, 1.165) is 5.56 Å². The van der Waals surface area contributed by atoms with Crippen molar-refractivity contribution in [1.29, 1.82) is 5.26 Å². The second-order valence-electron chi connectivity index (χ2n) is 3.82. The van der Waals surface area contributed by atoms with Crippen LogP contribution in [0.3, 0.4) is 0 Å². The van der Waals surface area contributed by atoms with Gasteiger partial charge in [-0.25, -0.2) is 5.48 Å². The van der Waals surface area contributed by atoms with Crippen molar-refractivity contribution in [3.63, 3.8) is 0 Å². The summed E-state index contributed by atoms with van der Waals surface area (Å²) < 4.78 is 0. The van der Waals surface area contributed by atoms with E-state index < -0.39 is 0 Å². The number of amides is 1. The second kappa shape index (κ2) is 6.34. The Balaban J connectivity index is 1.83. The van der Waals surface area contributed by atoms with E-state index in [2.05, 4.69) is 11.5 Å². The first-order chi connectivity index (χ1) is 9.29. The fourth-order valence-corrected chi connectivity index (χ4v) is 1.45. The van der Waals surface area contributed by atoms with E-state index in [1.165, 1.54) is 0 Å². The number of benzene rings is 2. The smallest absolute Gasteiger partial charge is 0.269 e. The van der Waals surface area contributed by atoms with Gasteiger partial charge < -0.3 is 0 Å². The highest BCUT2D eigenvalue weighted by Gasteiger charge is 2.03. The minimum Gasteiger partial charge on any atom is -0.269 e. The zero-order valence-corrected chi connectivity index (χ0v) is 10.1. The average molecular weight is 251 g/mol. The van der Waals surface area contributed by atoms with Gasteiger partial charge in [0.15, 0.2) is 0 Å². The van der Waals surface area contributed by atoms with Crippen LogP contribution in [0.4, 0.5) is 0 Å². The van der Waals surface area contributed by atoms with Crippen LogP contribution in [0.5, 0.6) is 0 Å². The van der Waals surface area contributed by atoms with E-state index >= 15 is 0 Å². The summed E-state index contributed by atoms with van der Waals surface area (Å²) in [5.41, 5.74) is 4.30. The number of carbonyl (C=O) groups is 1. The SMILES string of the molecule is N#Cc1ccc(CONC(=O)c2c[c]ccc2)cc1. The Labute approximate surface area is 111 Å². The molecule has 0 atom stereocenters. The summed E-state index contributed by atoms with van der Waals surface area (Å²) in [6, 6.07) is 18.5. The van der Waals surface area contributed by atoms with E-state index in [1.54, 1.807) is 48.5 Å². The first-order valence-electron chi connectivity index (χ1n) is 5.67. The van der Waals surface area contributed by atoms with E-state index in [4.69, 9.17) is 10.1 Å². The average Bonchev–Trinajstić information content (AvgIpc) is 2.49. The largest absolute Gasteiger partial charge is 0.274 e. The van der Waals surface area contributed by atoms with E-state index in [1.807, 2.05) is 6.07 Å². The number of nitriles is 1. The summed E-state index contributed by atoms with van der Waals surface area (Å²) in [5.74, 6) is -0.314. The van der Waals surface area contributed by atoms with Gasteiger partial charge in [-0.15, -0.1) is 0 Å². The molecule has 1 radical (unpaired) electrons. The highest BCUT2D eigenvalue weighted by Crippen LogP contribution is 2.04. The Morgan fingerprint density at radius 3 is 2.74 bits per heavy atom. The maximum Gasteiger partial charge on any atom is 0.274 e. The lowest BCUT2D eigenvalue weighted by Crippen LogP contribution is -2.23. The highest BCUT2D eigenvalue weighted by atomic mass is 16.6. The van der Waals surface area contributed by atoms with Crippen LogP contribution in [-0.4, -0.2) is 5.91 Å². The van der Waals surface area contributed by atoms with Gasteiger partial charge in [0.1, 0.15) is 0 Å². The lowest BCUT2D eigenvalue weighted by Gasteiger charge is -2.05. The van der Waals surface area contributed by atoms with Crippen molar-refractivity contribution in [1.82, 2.24) is 5.48 Å². The van der Waals surface area contributed by atoms with Gasteiger partial charge in [-0.3, -0.25) is 9.63 Å². The molecule has 0 aliphatic carbocycles. The molecule has 0 saturated carbocycles. The van der Waals surface area contributed by atoms with Crippen LogP contribution in [-0.2, 0) is 11.4 Å². The molecule has 0 aliphatic heterocycles. The monoisotopic (exact) mass is 251 g/mol. The maximum absolute atomic E-state index is 11.6. The van der Waals surface area contributed by atoms with Crippen LogP contribution >= 0.6 is 0 Å². The highest BCUT2D eigenvalue weighted by molar-refractivity contribution is 5.93. The number of hydrogen-bond acceptors (Lipinski definition) is 3. The molecule has 0 heterocycles. The Morgan fingerprint density at radius 1 is 1.32 bits per heavy atom. The molecule has 4 nitrogen and oxygen atoms in total. The minimum absolute atomic E-state index is 0.244. The number of hydroxylamine groups is 1. The van der Waals surface area contributed by atoms with E-state index in [0.29, 0.717) is 11.1 Å². The standard InChI is InChI=1S/C15H11N2O2/c16-10-12-6-8-13(9-7-12)11-19-17-15(18)14-4-2-1-3-5-14/h1-2,4-9H,11H2,(H,17,18). The topological polar surface area (TPSA) is 62.1 Å². The fraction of sp³-hybridized carbons (Fsp3) is 0.0667. The molecule has 93 valence electrons. The van der Waals surface area contributed by atoms with E-state index in [-0.39, 0.29) is 12.5 Å². The van der Waals surface area contributed by atoms with Crippen molar-refractivity contribution < 1.29 is 9.63 Å². The lowest BCUT2D eigenvalue weighted by atomic mass is 10.2. The molecule has 2 rings (SSSR count). The van der Waals surface area contributed by atoms with Gasteiger partial charge in [0.05, 0.1) is 18.2 Å². The number of nitrogens with zero attached hydrogens (tertiary/aromatic N) is 1. The van der Waals surface area contributed by atoms with Crippen molar-refractivity contribution in [3.05, 3.63) is 71.3 Å². The van der Waals surface area contributed by atoms with Crippen molar-refractivity contribution in [2.45, 2.75) is 6.61 Å². The summed E-state index contributed by atoms with van der Waals surface area (Å²) >= 11 is 0. The normalized spacial score (nSPS) is 9.63. The van der Waals surface area contributed by atoms with Gasteiger partial charge in [-0.1, -0.05) is 24.3 Å². The number of hydrogen-bond donors (Lipinski definition) is 1. The molecule has 4 heteroatoms. The van der Waals surface area contributed by atoms with Crippen molar-refractivity contribution >= 4 is 5.91 Å². The van der Waals surface area contributed by atoms with Gasteiger partial charge in [-0.05, 0) is 35.9 Å². The minimum atomic E-state index is -0.314. The molecule has 0 fully saturated rings. The Morgan fingerprint density at radius 2 is 2.11 bits per heavy atom. The Bertz CT molecular complexity index is 586. The van der Waals surface area contributed by atoms with E-state index in [9.17, 15) is 4.79 Å². The van der Waals surface area contributed by atoms with Crippen LogP contribution in [0.15, 0.2) is 48.5 Å². The Kier molecular flexibility index (Phi) is 4.27. The van der Waals surface area contributed by atoms with Gasteiger partial charge >= 0.3 is 0 Å². The lowest BCUT2D eigenvalue weighted by molar-refractivity contribution is 0.0233. The van der Waals surface area contributed by atoms with Crippen LogP contribution in [0, 0.1) is 17.4 Å². The summed E-state index contributed by atoms with van der Waals surface area (Å²) in [6.45, 7) is 0.244. The summed E-state index contributed by atoms with van der Waals surface area (Å²) in [4.78, 5) is 16.7. The van der Waals surface area contributed by atoms with Gasteiger partial charge in [0.2, 0.25) is 0 Å². The van der Waals surface area contributed by atoms with Crippen LogP contribution in [0.2, 0.25) is 0 Å². The van der Waals surface area contributed by atoms with Crippen molar-refractivity contribution in [2.75, 3.05) is 0 Å². The fourth-order valence-electron chi connectivity index (χ4n) is 1.45. The molecule has 0 aliphatic rings. The molecule has 2 aromatic carbocycles. The molecule has 0 aromatic heterocycles. The van der Waals surface area contributed by atoms with Crippen LogP contribution in [0.25, 0.3) is 0 Å². The molecule has 1 N–H and O–H groups in total. The molecular weight excluding hydrogens is 240 g/mol. The quantitative estimate of drug-likeness (QED) is 0.847. The summed E-state index contributed by atoms with van der Waals surface area (Å²) in [6.07, 6.45) is 0. The predicted molar refractivity (Wildman–Crippen MR) is 68.7 cm³/mol. The molecule has 1 amide bonds. The van der Waals surface area contributed by atoms with Gasteiger partial charge in [0, 0.05) is 5.56 Å². The van der Waals surface area contributed by atoms with Crippen LogP contribution < -0.4 is 5.48 Å². The van der Waals surface area contributed by atoms with Crippen molar-refractivity contribution in [3.8, 4) is 6.07 Å². The number of carbonyl (C=O) groups excluding carboxylic acids is 1. The zero-order valence-electron chi connectivity index (χ0n) is 10.1. The molecule has 0 bridgehead atoms.